The van der Waals surface area contributed by atoms with Crippen molar-refractivity contribution in [3.63, 3.8) is 0 Å². The molecule has 0 saturated carbocycles. The molecule has 2 aromatic rings. The molecule has 0 amide bonds. The lowest BCUT2D eigenvalue weighted by molar-refractivity contribution is -0.136. The van der Waals surface area contributed by atoms with E-state index in [1.165, 1.54) is 18.2 Å². The summed E-state index contributed by atoms with van der Waals surface area (Å²) >= 11 is 0. The van der Waals surface area contributed by atoms with Crippen molar-refractivity contribution in [1.29, 1.82) is 0 Å². The summed E-state index contributed by atoms with van der Waals surface area (Å²) in [6.45, 7) is 1.80. The molecular formula is C19H19FO4. The van der Waals surface area contributed by atoms with Crippen molar-refractivity contribution in [2.24, 2.45) is 0 Å². The molecule has 1 N–H and O–H groups in total. The van der Waals surface area contributed by atoms with Crippen molar-refractivity contribution in [3.8, 4) is 11.1 Å². The first kappa shape index (κ1) is 16.6. The average Bonchev–Trinajstić information content (AvgIpc) is 3.08. The number of benzene rings is 2. The molecule has 0 radical (unpaired) electrons. The SMILES string of the molecule is O=C(O)Cc1ccc(F)cc1-c1cccc(COC2CCOC2)c1. The average molecular weight is 330 g/mol. The summed E-state index contributed by atoms with van der Waals surface area (Å²) in [7, 11) is 0. The molecule has 1 aliphatic rings. The Hall–Kier alpha value is -2.24. The van der Waals surface area contributed by atoms with Crippen molar-refractivity contribution < 1.29 is 23.8 Å². The monoisotopic (exact) mass is 330 g/mol. The Morgan fingerprint density at radius 2 is 2.17 bits per heavy atom. The van der Waals surface area contributed by atoms with Crippen molar-refractivity contribution in [2.45, 2.75) is 25.6 Å². The Morgan fingerprint density at radius 1 is 1.29 bits per heavy atom. The van der Waals surface area contributed by atoms with Gasteiger partial charge in [0.2, 0.25) is 0 Å². The van der Waals surface area contributed by atoms with Gasteiger partial charge in [0.05, 0.1) is 25.7 Å². The molecule has 1 saturated heterocycles. The fourth-order valence-corrected chi connectivity index (χ4v) is 2.82. The van der Waals surface area contributed by atoms with E-state index in [-0.39, 0.29) is 18.3 Å². The maximum Gasteiger partial charge on any atom is 0.307 e. The fraction of sp³-hybridized carbons (Fsp3) is 0.316. The minimum absolute atomic E-state index is 0.116. The number of ether oxygens (including phenoxy) is 2. The predicted molar refractivity (Wildman–Crippen MR) is 87.2 cm³/mol. The van der Waals surface area contributed by atoms with E-state index in [4.69, 9.17) is 14.6 Å². The number of aliphatic carboxylic acids is 1. The summed E-state index contributed by atoms with van der Waals surface area (Å²) in [6, 6.07) is 11.8. The van der Waals surface area contributed by atoms with Crippen LogP contribution in [0.4, 0.5) is 4.39 Å². The summed E-state index contributed by atoms with van der Waals surface area (Å²) in [5.74, 6) is -1.33. The molecule has 2 aromatic carbocycles. The second kappa shape index (κ2) is 7.55. The van der Waals surface area contributed by atoms with Gasteiger partial charge < -0.3 is 14.6 Å². The second-order valence-corrected chi connectivity index (χ2v) is 5.87. The standard InChI is InChI=1S/C19H19FO4/c20-16-5-4-15(9-19(21)22)18(10-16)14-3-1-2-13(8-14)11-24-17-6-7-23-12-17/h1-5,8,10,17H,6-7,9,11-12H2,(H,21,22). The van der Waals surface area contributed by atoms with Crippen LogP contribution >= 0.6 is 0 Å². The molecule has 24 heavy (non-hydrogen) atoms. The van der Waals surface area contributed by atoms with Crippen molar-refractivity contribution in [2.75, 3.05) is 13.2 Å². The van der Waals surface area contributed by atoms with Gasteiger partial charge in [0.1, 0.15) is 5.82 Å². The minimum atomic E-state index is -0.941. The first-order valence-corrected chi connectivity index (χ1v) is 7.90. The minimum Gasteiger partial charge on any atom is -0.481 e. The van der Waals surface area contributed by atoms with Crippen molar-refractivity contribution in [3.05, 3.63) is 59.4 Å². The molecule has 0 bridgehead atoms. The number of carboxylic acids is 1. The van der Waals surface area contributed by atoms with E-state index in [9.17, 15) is 9.18 Å². The van der Waals surface area contributed by atoms with Crippen LogP contribution in [0.3, 0.4) is 0 Å². The highest BCUT2D eigenvalue weighted by Crippen LogP contribution is 2.27. The van der Waals surface area contributed by atoms with Crippen LogP contribution in [0.15, 0.2) is 42.5 Å². The molecule has 1 aliphatic heterocycles. The topological polar surface area (TPSA) is 55.8 Å². The third-order valence-corrected chi connectivity index (χ3v) is 4.03. The highest BCUT2D eigenvalue weighted by Gasteiger charge is 2.16. The summed E-state index contributed by atoms with van der Waals surface area (Å²) in [5, 5.41) is 9.04. The first-order valence-electron chi connectivity index (χ1n) is 7.90. The lowest BCUT2D eigenvalue weighted by Crippen LogP contribution is -2.11. The lowest BCUT2D eigenvalue weighted by Gasteiger charge is -2.12. The van der Waals surface area contributed by atoms with E-state index in [2.05, 4.69) is 0 Å². The molecule has 1 fully saturated rings. The third kappa shape index (κ3) is 4.19. The fourth-order valence-electron chi connectivity index (χ4n) is 2.82. The summed E-state index contributed by atoms with van der Waals surface area (Å²) in [5.41, 5.74) is 2.94. The molecule has 0 aliphatic carbocycles. The second-order valence-electron chi connectivity index (χ2n) is 5.87. The molecule has 0 spiro atoms. The van der Waals surface area contributed by atoms with Crippen LogP contribution in [0.2, 0.25) is 0 Å². The van der Waals surface area contributed by atoms with Gasteiger partial charge in [0.15, 0.2) is 0 Å². The van der Waals surface area contributed by atoms with Gasteiger partial charge in [-0.3, -0.25) is 4.79 Å². The Balaban J connectivity index is 1.82. The van der Waals surface area contributed by atoms with Crippen LogP contribution in [0, 0.1) is 5.82 Å². The molecule has 3 rings (SSSR count). The van der Waals surface area contributed by atoms with Gasteiger partial charge in [-0.1, -0.05) is 24.3 Å². The Labute approximate surface area is 139 Å². The molecule has 4 nitrogen and oxygen atoms in total. The zero-order valence-electron chi connectivity index (χ0n) is 13.2. The zero-order chi connectivity index (χ0) is 16.9. The van der Waals surface area contributed by atoms with E-state index in [0.717, 1.165) is 24.2 Å². The highest BCUT2D eigenvalue weighted by molar-refractivity contribution is 5.76. The van der Waals surface area contributed by atoms with Crippen LogP contribution in [0.5, 0.6) is 0 Å². The Kier molecular flexibility index (Phi) is 5.23. The van der Waals surface area contributed by atoms with Crippen molar-refractivity contribution >= 4 is 5.97 Å². The zero-order valence-corrected chi connectivity index (χ0v) is 13.2. The van der Waals surface area contributed by atoms with E-state index < -0.39 is 5.97 Å². The van der Waals surface area contributed by atoms with Gasteiger partial charge in [-0.25, -0.2) is 4.39 Å². The van der Waals surface area contributed by atoms with Crippen molar-refractivity contribution in [1.82, 2.24) is 0 Å². The highest BCUT2D eigenvalue weighted by atomic mass is 19.1. The smallest absolute Gasteiger partial charge is 0.307 e. The molecule has 0 aromatic heterocycles. The largest absolute Gasteiger partial charge is 0.481 e. The molecule has 5 heteroatoms. The van der Waals surface area contributed by atoms with Gasteiger partial charge in [0.25, 0.3) is 0 Å². The summed E-state index contributed by atoms with van der Waals surface area (Å²) in [4.78, 5) is 11.0. The normalized spacial score (nSPS) is 17.1. The maximum absolute atomic E-state index is 13.6. The number of hydrogen-bond donors (Lipinski definition) is 1. The number of halogens is 1. The third-order valence-electron chi connectivity index (χ3n) is 4.03. The van der Waals surface area contributed by atoms with Gasteiger partial charge in [0, 0.05) is 6.61 Å². The number of carboxylic acid groups (broad SMARTS) is 1. The number of rotatable bonds is 6. The predicted octanol–water partition coefficient (Wildman–Crippen LogP) is 3.43. The van der Waals surface area contributed by atoms with Crippen LogP contribution in [-0.2, 0) is 27.3 Å². The molecule has 1 heterocycles. The van der Waals surface area contributed by atoms with Gasteiger partial charge in [-0.15, -0.1) is 0 Å². The molecule has 126 valence electrons. The Bertz CT molecular complexity index is 723. The molecule has 1 atom stereocenters. The summed E-state index contributed by atoms with van der Waals surface area (Å²) in [6.07, 6.45) is 0.868. The van der Waals surface area contributed by atoms with E-state index in [1.54, 1.807) is 0 Å². The lowest BCUT2D eigenvalue weighted by atomic mass is 9.96. The first-order chi connectivity index (χ1) is 11.6. The van der Waals surface area contributed by atoms with Crippen LogP contribution < -0.4 is 0 Å². The van der Waals surface area contributed by atoms with Crippen LogP contribution in [-0.4, -0.2) is 30.4 Å². The van der Waals surface area contributed by atoms with E-state index in [0.29, 0.717) is 24.3 Å². The van der Waals surface area contributed by atoms with E-state index >= 15 is 0 Å². The van der Waals surface area contributed by atoms with Gasteiger partial charge >= 0.3 is 5.97 Å². The van der Waals surface area contributed by atoms with E-state index in [1.807, 2.05) is 24.3 Å². The number of carbonyl (C=O) groups is 1. The molecular weight excluding hydrogens is 311 g/mol. The molecule has 1 unspecified atom stereocenters. The Morgan fingerprint density at radius 3 is 2.92 bits per heavy atom. The number of hydrogen-bond acceptors (Lipinski definition) is 3. The van der Waals surface area contributed by atoms with Gasteiger partial charge in [-0.05, 0) is 46.9 Å². The maximum atomic E-state index is 13.6. The van der Waals surface area contributed by atoms with Crippen LogP contribution in [0.25, 0.3) is 11.1 Å². The van der Waals surface area contributed by atoms with Crippen LogP contribution in [0.1, 0.15) is 17.5 Å². The quantitative estimate of drug-likeness (QED) is 0.882. The van der Waals surface area contributed by atoms with Gasteiger partial charge in [-0.2, -0.15) is 0 Å². The summed E-state index contributed by atoms with van der Waals surface area (Å²) < 4.78 is 24.7.